The van der Waals surface area contributed by atoms with Gasteiger partial charge in [-0.3, -0.25) is 0 Å². The van der Waals surface area contributed by atoms with Crippen molar-refractivity contribution in [2.24, 2.45) is 0 Å². The molecule has 0 fully saturated rings. The highest BCUT2D eigenvalue weighted by Crippen LogP contribution is 2.22. The minimum absolute atomic E-state index is 0.328. The fourth-order valence-corrected chi connectivity index (χ4v) is 2.67. The molecule has 0 aliphatic heterocycles. The minimum Gasteiger partial charge on any atom is -0.497 e. The van der Waals surface area contributed by atoms with Gasteiger partial charge in [0, 0.05) is 20.2 Å². The Kier molecular flexibility index (Phi) is 8.40. The zero-order valence-corrected chi connectivity index (χ0v) is 14.3. The number of hydrogen-bond acceptors (Lipinski definition) is 3. The van der Waals surface area contributed by atoms with E-state index in [1.807, 2.05) is 13.2 Å². The molecule has 120 valence electrons. The standard InChI is InChI=1S/C18H31NO2/c1-6-11-19(14-17(7-2)20-4)13-15(3)16-9-8-10-18(12-16)21-5/h8-10,12,15,17H,6-7,11,13-14H2,1-5H3. The Morgan fingerprint density at radius 1 is 1.14 bits per heavy atom. The first-order valence-corrected chi connectivity index (χ1v) is 8.03. The van der Waals surface area contributed by atoms with Crippen LogP contribution in [-0.4, -0.2) is 44.9 Å². The van der Waals surface area contributed by atoms with E-state index < -0.39 is 0 Å². The lowest BCUT2D eigenvalue weighted by molar-refractivity contribution is 0.0597. The van der Waals surface area contributed by atoms with E-state index in [9.17, 15) is 0 Å². The van der Waals surface area contributed by atoms with Crippen LogP contribution >= 0.6 is 0 Å². The van der Waals surface area contributed by atoms with Gasteiger partial charge in [-0.2, -0.15) is 0 Å². The zero-order chi connectivity index (χ0) is 15.7. The molecule has 0 radical (unpaired) electrons. The fourth-order valence-electron chi connectivity index (χ4n) is 2.67. The Morgan fingerprint density at radius 3 is 2.48 bits per heavy atom. The van der Waals surface area contributed by atoms with E-state index in [-0.39, 0.29) is 0 Å². The maximum absolute atomic E-state index is 5.54. The topological polar surface area (TPSA) is 21.7 Å². The van der Waals surface area contributed by atoms with E-state index in [4.69, 9.17) is 9.47 Å². The summed E-state index contributed by atoms with van der Waals surface area (Å²) in [5, 5.41) is 0. The predicted molar refractivity (Wildman–Crippen MR) is 89.2 cm³/mol. The SMILES string of the molecule is CCCN(CC(CC)OC)CC(C)c1cccc(OC)c1. The van der Waals surface area contributed by atoms with Gasteiger partial charge in [-0.25, -0.2) is 0 Å². The molecule has 0 bridgehead atoms. The quantitative estimate of drug-likeness (QED) is 0.652. The lowest BCUT2D eigenvalue weighted by Gasteiger charge is -2.28. The van der Waals surface area contributed by atoms with Crippen molar-refractivity contribution in [1.29, 1.82) is 0 Å². The van der Waals surface area contributed by atoms with Gasteiger partial charge in [0.2, 0.25) is 0 Å². The summed E-state index contributed by atoms with van der Waals surface area (Å²) in [5.74, 6) is 1.42. The number of benzene rings is 1. The van der Waals surface area contributed by atoms with E-state index in [0.29, 0.717) is 12.0 Å². The second kappa shape index (κ2) is 9.80. The van der Waals surface area contributed by atoms with Crippen LogP contribution in [0.5, 0.6) is 5.75 Å². The number of nitrogens with zero attached hydrogens (tertiary/aromatic N) is 1. The Morgan fingerprint density at radius 2 is 1.90 bits per heavy atom. The molecule has 3 nitrogen and oxygen atoms in total. The van der Waals surface area contributed by atoms with Gasteiger partial charge in [-0.15, -0.1) is 0 Å². The second-order valence-corrected chi connectivity index (χ2v) is 5.70. The molecule has 21 heavy (non-hydrogen) atoms. The smallest absolute Gasteiger partial charge is 0.119 e. The third kappa shape index (κ3) is 6.06. The number of hydrogen-bond donors (Lipinski definition) is 0. The van der Waals surface area contributed by atoms with Crippen molar-refractivity contribution in [3.05, 3.63) is 29.8 Å². The van der Waals surface area contributed by atoms with Crippen LogP contribution in [0.15, 0.2) is 24.3 Å². The van der Waals surface area contributed by atoms with Crippen LogP contribution in [-0.2, 0) is 4.74 Å². The Hall–Kier alpha value is -1.06. The molecule has 0 heterocycles. The number of ether oxygens (including phenoxy) is 2. The second-order valence-electron chi connectivity index (χ2n) is 5.70. The summed E-state index contributed by atoms with van der Waals surface area (Å²) in [5.41, 5.74) is 1.33. The maximum Gasteiger partial charge on any atom is 0.119 e. The van der Waals surface area contributed by atoms with E-state index >= 15 is 0 Å². The minimum atomic E-state index is 0.328. The molecule has 0 aliphatic carbocycles. The van der Waals surface area contributed by atoms with Crippen LogP contribution in [0.3, 0.4) is 0 Å². The first-order valence-electron chi connectivity index (χ1n) is 8.03. The predicted octanol–water partition coefficient (Wildman–Crippen LogP) is 3.94. The van der Waals surface area contributed by atoms with Gasteiger partial charge < -0.3 is 14.4 Å². The van der Waals surface area contributed by atoms with Crippen LogP contribution in [0.25, 0.3) is 0 Å². The Labute approximate surface area is 130 Å². The molecule has 1 rings (SSSR count). The van der Waals surface area contributed by atoms with Crippen molar-refractivity contribution in [2.75, 3.05) is 33.9 Å². The first-order chi connectivity index (χ1) is 10.1. The van der Waals surface area contributed by atoms with Gasteiger partial charge in [0.1, 0.15) is 5.75 Å². The van der Waals surface area contributed by atoms with Crippen molar-refractivity contribution in [3.8, 4) is 5.75 Å². The molecular formula is C18H31NO2. The summed E-state index contributed by atoms with van der Waals surface area (Å²) in [4.78, 5) is 2.52. The summed E-state index contributed by atoms with van der Waals surface area (Å²) in [6, 6.07) is 8.39. The van der Waals surface area contributed by atoms with Gasteiger partial charge in [0.05, 0.1) is 13.2 Å². The molecule has 1 aromatic rings. The van der Waals surface area contributed by atoms with Crippen LogP contribution in [0, 0.1) is 0 Å². The van der Waals surface area contributed by atoms with Crippen LogP contribution < -0.4 is 4.74 Å². The molecule has 0 amide bonds. The van der Waals surface area contributed by atoms with Crippen LogP contribution in [0.4, 0.5) is 0 Å². The lowest BCUT2D eigenvalue weighted by Crippen LogP contribution is -2.36. The summed E-state index contributed by atoms with van der Waals surface area (Å²) < 4.78 is 10.9. The van der Waals surface area contributed by atoms with Crippen molar-refractivity contribution >= 4 is 0 Å². The fraction of sp³-hybridized carbons (Fsp3) is 0.667. The third-order valence-corrected chi connectivity index (χ3v) is 3.99. The molecule has 0 saturated heterocycles. The summed E-state index contributed by atoms with van der Waals surface area (Å²) >= 11 is 0. The number of methoxy groups -OCH3 is 2. The van der Waals surface area contributed by atoms with Gasteiger partial charge in [-0.05, 0) is 43.0 Å². The van der Waals surface area contributed by atoms with Crippen molar-refractivity contribution in [2.45, 2.75) is 45.6 Å². The lowest BCUT2D eigenvalue weighted by atomic mass is 10.00. The van der Waals surface area contributed by atoms with Gasteiger partial charge in [0.15, 0.2) is 0 Å². The highest BCUT2D eigenvalue weighted by molar-refractivity contribution is 5.30. The zero-order valence-electron chi connectivity index (χ0n) is 14.3. The highest BCUT2D eigenvalue weighted by atomic mass is 16.5. The summed E-state index contributed by atoms with van der Waals surface area (Å²) in [6.07, 6.45) is 2.56. The molecule has 1 aromatic carbocycles. The van der Waals surface area contributed by atoms with Crippen molar-refractivity contribution in [3.63, 3.8) is 0 Å². The van der Waals surface area contributed by atoms with Gasteiger partial charge in [-0.1, -0.05) is 32.9 Å². The monoisotopic (exact) mass is 293 g/mol. The Balaban J connectivity index is 2.68. The first kappa shape index (κ1) is 18.0. The van der Waals surface area contributed by atoms with Gasteiger partial charge in [0.25, 0.3) is 0 Å². The van der Waals surface area contributed by atoms with Crippen LogP contribution in [0.2, 0.25) is 0 Å². The summed E-state index contributed by atoms with van der Waals surface area (Å²) in [7, 11) is 3.53. The number of rotatable bonds is 10. The summed E-state index contributed by atoms with van der Waals surface area (Å²) in [6.45, 7) is 9.89. The van der Waals surface area contributed by atoms with Crippen LogP contribution in [0.1, 0.15) is 45.1 Å². The molecule has 0 N–H and O–H groups in total. The average Bonchev–Trinajstić information content (AvgIpc) is 2.52. The maximum atomic E-state index is 5.54. The highest BCUT2D eigenvalue weighted by Gasteiger charge is 2.15. The van der Waals surface area contributed by atoms with E-state index in [1.54, 1.807) is 7.11 Å². The van der Waals surface area contributed by atoms with Crippen molar-refractivity contribution < 1.29 is 9.47 Å². The average molecular weight is 293 g/mol. The van der Waals surface area contributed by atoms with Gasteiger partial charge >= 0.3 is 0 Å². The van der Waals surface area contributed by atoms with E-state index in [0.717, 1.165) is 31.8 Å². The molecule has 2 unspecified atom stereocenters. The molecule has 3 heteroatoms. The molecule has 0 spiro atoms. The largest absolute Gasteiger partial charge is 0.497 e. The molecule has 0 aromatic heterocycles. The Bertz CT molecular complexity index is 391. The molecule has 0 saturated carbocycles. The normalized spacial score (nSPS) is 14.2. The molecular weight excluding hydrogens is 262 g/mol. The van der Waals surface area contributed by atoms with E-state index in [1.165, 1.54) is 12.0 Å². The van der Waals surface area contributed by atoms with E-state index in [2.05, 4.69) is 43.9 Å². The molecule has 2 atom stereocenters. The van der Waals surface area contributed by atoms with Crippen molar-refractivity contribution in [1.82, 2.24) is 4.90 Å². The molecule has 0 aliphatic rings. The third-order valence-electron chi connectivity index (χ3n) is 3.99.